The highest BCUT2D eigenvalue weighted by atomic mass is 19.4. The summed E-state index contributed by atoms with van der Waals surface area (Å²) in [5, 5.41) is 3.19. The quantitative estimate of drug-likeness (QED) is 0.894. The third-order valence-corrected chi connectivity index (χ3v) is 3.00. The Morgan fingerprint density at radius 3 is 2.56 bits per heavy atom. The van der Waals surface area contributed by atoms with Gasteiger partial charge in [0.25, 0.3) is 0 Å². The number of hydrogen-bond acceptors (Lipinski definition) is 2. The number of alkyl halides is 3. The number of pyridine rings is 1. The molecule has 1 aliphatic carbocycles. The number of hydrogen-bond donors (Lipinski definition) is 1. The van der Waals surface area contributed by atoms with Gasteiger partial charge in [0, 0.05) is 18.8 Å². The lowest BCUT2D eigenvalue weighted by Gasteiger charge is -2.16. The van der Waals surface area contributed by atoms with E-state index in [1.165, 1.54) is 6.07 Å². The fourth-order valence-corrected chi connectivity index (χ4v) is 1.85. The normalized spacial score (nSPS) is 16.3. The maximum absolute atomic E-state index is 12.9. The van der Waals surface area contributed by atoms with Crippen LogP contribution in [0.25, 0.3) is 0 Å². The van der Waals surface area contributed by atoms with Crippen LogP contribution in [0.2, 0.25) is 0 Å². The number of halogens is 3. The molecular weight excluding hydrogens is 241 g/mol. The summed E-state index contributed by atoms with van der Waals surface area (Å²) in [6.45, 7) is 3.90. The molecule has 1 fully saturated rings. The van der Waals surface area contributed by atoms with E-state index in [0.29, 0.717) is 18.2 Å². The van der Waals surface area contributed by atoms with E-state index in [4.69, 9.17) is 0 Å². The van der Waals surface area contributed by atoms with Crippen LogP contribution in [0.15, 0.2) is 12.3 Å². The second kappa shape index (κ2) is 4.88. The second-order valence-electron chi connectivity index (χ2n) is 5.08. The minimum atomic E-state index is -4.33. The monoisotopic (exact) mass is 258 g/mol. The number of aromatic nitrogens is 1. The Morgan fingerprint density at radius 1 is 1.39 bits per heavy atom. The minimum Gasteiger partial charge on any atom is -0.310 e. The van der Waals surface area contributed by atoms with E-state index in [0.717, 1.165) is 12.8 Å². The SMILES string of the molecule is CC(C)c1ncc(CNC2CC2)cc1C(F)(F)F. The van der Waals surface area contributed by atoms with Crippen LogP contribution >= 0.6 is 0 Å². The van der Waals surface area contributed by atoms with Crippen molar-refractivity contribution in [2.45, 2.75) is 51.4 Å². The molecule has 18 heavy (non-hydrogen) atoms. The van der Waals surface area contributed by atoms with Crippen molar-refractivity contribution >= 4 is 0 Å². The molecule has 1 aliphatic rings. The molecule has 0 unspecified atom stereocenters. The van der Waals surface area contributed by atoms with Gasteiger partial charge in [-0.1, -0.05) is 13.8 Å². The standard InChI is InChI=1S/C13H17F3N2/c1-8(2)12-11(13(14,15)16)5-9(7-18-12)6-17-10-3-4-10/h5,7-8,10,17H,3-4,6H2,1-2H3. The van der Waals surface area contributed by atoms with Crippen molar-refractivity contribution < 1.29 is 13.2 Å². The lowest BCUT2D eigenvalue weighted by molar-refractivity contribution is -0.138. The average molecular weight is 258 g/mol. The summed E-state index contributed by atoms with van der Waals surface area (Å²) >= 11 is 0. The van der Waals surface area contributed by atoms with Crippen molar-refractivity contribution in [2.24, 2.45) is 0 Å². The van der Waals surface area contributed by atoms with Crippen LogP contribution in [-0.4, -0.2) is 11.0 Å². The fraction of sp³-hybridized carbons (Fsp3) is 0.615. The summed E-state index contributed by atoms with van der Waals surface area (Å²) in [5.41, 5.74) is 0.115. The van der Waals surface area contributed by atoms with Gasteiger partial charge < -0.3 is 5.32 Å². The van der Waals surface area contributed by atoms with Crippen LogP contribution in [-0.2, 0) is 12.7 Å². The first kappa shape index (κ1) is 13.3. The van der Waals surface area contributed by atoms with Gasteiger partial charge in [0.2, 0.25) is 0 Å². The number of nitrogens with one attached hydrogen (secondary N) is 1. The topological polar surface area (TPSA) is 24.9 Å². The highest BCUT2D eigenvalue weighted by Gasteiger charge is 2.35. The van der Waals surface area contributed by atoms with Gasteiger partial charge in [0.15, 0.2) is 0 Å². The molecule has 0 aromatic carbocycles. The van der Waals surface area contributed by atoms with Gasteiger partial charge in [0.05, 0.1) is 11.3 Å². The molecule has 0 radical (unpaired) electrons. The predicted octanol–water partition coefficient (Wildman–Crippen LogP) is 3.48. The summed E-state index contributed by atoms with van der Waals surface area (Å²) in [6, 6.07) is 1.70. The molecular formula is C13H17F3N2. The molecule has 5 heteroatoms. The maximum Gasteiger partial charge on any atom is 0.418 e. The Morgan fingerprint density at radius 2 is 2.06 bits per heavy atom. The van der Waals surface area contributed by atoms with Crippen molar-refractivity contribution in [1.29, 1.82) is 0 Å². The first-order valence-electron chi connectivity index (χ1n) is 6.17. The van der Waals surface area contributed by atoms with Crippen LogP contribution < -0.4 is 5.32 Å². The molecule has 0 bridgehead atoms. The van der Waals surface area contributed by atoms with Gasteiger partial charge in [-0.15, -0.1) is 0 Å². The van der Waals surface area contributed by atoms with Crippen molar-refractivity contribution in [2.75, 3.05) is 0 Å². The van der Waals surface area contributed by atoms with Gasteiger partial charge >= 0.3 is 6.18 Å². The number of nitrogens with zero attached hydrogens (tertiary/aromatic N) is 1. The smallest absolute Gasteiger partial charge is 0.310 e. The summed E-state index contributed by atoms with van der Waals surface area (Å²) in [6.07, 6.45) is -0.560. The van der Waals surface area contributed by atoms with Gasteiger partial charge in [-0.25, -0.2) is 0 Å². The molecule has 2 nitrogen and oxygen atoms in total. The molecule has 1 aromatic heterocycles. The van der Waals surface area contributed by atoms with Crippen molar-refractivity contribution in [1.82, 2.24) is 10.3 Å². The molecule has 0 amide bonds. The molecule has 0 saturated heterocycles. The van der Waals surface area contributed by atoms with Crippen LogP contribution in [0.4, 0.5) is 13.2 Å². The third-order valence-electron chi connectivity index (χ3n) is 3.00. The third kappa shape index (κ3) is 3.22. The Labute approximate surface area is 105 Å². The van der Waals surface area contributed by atoms with Crippen LogP contribution in [0.3, 0.4) is 0 Å². The lowest BCUT2D eigenvalue weighted by atomic mass is 10.0. The molecule has 0 aliphatic heterocycles. The van der Waals surface area contributed by atoms with Gasteiger partial charge in [-0.05, 0) is 30.4 Å². The Kier molecular flexibility index (Phi) is 3.61. The lowest BCUT2D eigenvalue weighted by Crippen LogP contribution is -2.18. The zero-order valence-corrected chi connectivity index (χ0v) is 10.5. The predicted molar refractivity (Wildman–Crippen MR) is 63.2 cm³/mol. The molecule has 100 valence electrons. The Bertz CT molecular complexity index is 423. The summed E-state index contributed by atoms with van der Waals surface area (Å²) in [4.78, 5) is 3.98. The van der Waals surface area contributed by atoms with E-state index in [9.17, 15) is 13.2 Å². The first-order chi connectivity index (χ1) is 8.38. The van der Waals surface area contributed by atoms with Crippen LogP contribution in [0.5, 0.6) is 0 Å². The summed E-state index contributed by atoms with van der Waals surface area (Å²) in [7, 11) is 0. The van der Waals surface area contributed by atoms with Crippen molar-refractivity contribution in [3.05, 3.63) is 29.1 Å². The van der Waals surface area contributed by atoms with E-state index in [1.54, 1.807) is 20.0 Å². The average Bonchev–Trinajstić information content (AvgIpc) is 3.08. The maximum atomic E-state index is 12.9. The second-order valence-corrected chi connectivity index (χ2v) is 5.08. The Hall–Kier alpha value is -1.10. The molecule has 1 aromatic rings. The highest BCUT2D eigenvalue weighted by Crippen LogP contribution is 2.34. The molecule has 1 heterocycles. The summed E-state index contributed by atoms with van der Waals surface area (Å²) < 4.78 is 38.8. The highest BCUT2D eigenvalue weighted by molar-refractivity contribution is 5.30. The molecule has 1 N–H and O–H groups in total. The fourth-order valence-electron chi connectivity index (χ4n) is 1.85. The van der Waals surface area contributed by atoms with Crippen molar-refractivity contribution in [3.8, 4) is 0 Å². The summed E-state index contributed by atoms with van der Waals surface area (Å²) in [5.74, 6) is -0.230. The van der Waals surface area contributed by atoms with Gasteiger partial charge in [-0.3, -0.25) is 4.98 Å². The van der Waals surface area contributed by atoms with Crippen molar-refractivity contribution in [3.63, 3.8) is 0 Å². The van der Waals surface area contributed by atoms with Gasteiger partial charge in [0.1, 0.15) is 0 Å². The molecule has 0 atom stereocenters. The molecule has 1 saturated carbocycles. The molecule has 2 rings (SSSR count). The van der Waals surface area contributed by atoms with E-state index >= 15 is 0 Å². The zero-order chi connectivity index (χ0) is 13.3. The molecule has 0 spiro atoms. The van der Waals surface area contributed by atoms with E-state index < -0.39 is 11.7 Å². The van der Waals surface area contributed by atoms with E-state index in [-0.39, 0.29) is 11.6 Å². The first-order valence-corrected chi connectivity index (χ1v) is 6.17. The van der Waals surface area contributed by atoms with Gasteiger partial charge in [-0.2, -0.15) is 13.2 Å². The minimum absolute atomic E-state index is 0.123. The van der Waals surface area contributed by atoms with Crippen LogP contribution in [0, 0.1) is 0 Å². The largest absolute Gasteiger partial charge is 0.418 e. The zero-order valence-electron chi connectivity index (χ0n) is 10.5. The number of rotatable bonds is 4. The van der Waals surface area contributed by atoms with Crippen LogP contribution in [0.1, 0.15) is 49.4 Å². The van der Waals surface area contributed by atoms with E-state index in [1.807, 2.05) is 0 Å². The Balaban J connectivity index is 2.23. The van der Waals surface area contributed by atoms with E-state index in [2.05, 4.69) is 10.3 Å².